The molecule has 7 nitrogen and oxygen atoms in total. The van der Waals surface area contributed by atoms with Gasteiger partial charge >= 0.3 is 11.9 Å². The third-order valence-corrected chi connectivity index (χ3v) is 3.41. The number of ether oxygens (including phenoxy) is 2. The molecule has 0 amide bonds. The van der Waals surface area contributed by atoms with Crippen molar-refractivity contribution in [2.75, 3.05) is 20.3 Å². The molecule has 0 aliphatic rings. The fourth-order valence-corrected chi connectivity index (χ4v) is 1.85. The van der Waals surface area contributed by atoms with Crippen LogP contribution in [0.2, 0.25) is 0 Å². The summed E-state index contributed by atoms with van der Waals surface area (Å²) in [6.45, 7) is 8.06. The molecule has 0 aromatic heterocycles. The van der Waals surface area contributed by atoms with Gasteiger partial charge in [-0.05, 0) is 50.9 Å². The van der Waals surface area contributed by atoms with E-state index in [2.05, 4.69) is 19.2 Å². The summed E-state index contributed by atoms with van der Waals surface area (Å²) in [5, 5.41) is 18.2. The van der Waals surface area contributed by atoms with Crippen LogP contribution in [0.1, 0.15) is 39.2 Å². The van der Waals surface area contributed by atoms with E-state index in [1.807, 2.05) is 37.3 Å². The van der Waals surface area contributed by atoms with Crippen LogP contribution in [0.15, 0.2) is 24.3 Å². The Hall–Kier alpha value is -2.54. The topological polar surface area (TPSA) is 105 Å². The predicted molar refractivity (Wildman–Crippen MR) is 101 cm³/mol. The second-order valence-corrected chi connectivity index (χ2v) is 5.49. The monoisotopic (exact) mass is 367 g/mol. The number of hydrogen-bond donors (Lipinski definition) is 3. The standard InChI is InChI=1S/C17H27NO2.C2H2O4/c1-5-8-15-9-10-16(17(13-15)19-4)20-12-7-11-18-14(3)6-2;3-1(4)2(5)6/h5,8-10,13-14,18H,6-7,11-12H2,1-4H3;(H,3,4)(H,5,6). The van der Waals surface area contributed by atoms with Gasteiger partial charge in [0.2, 0.25) is 0 Å². The molecule has 0 heterocycles. The van der Waals surface area contributed by atoms with Gasteiger partial charge in [0.05, 0.1) is 13.7 Å². The average molecular weight is 367 g/mol. The molecule has 0 saturated heterocycles. The Morgan fingerprint density at radius 2 is 1.88 bits per heavy atom. The van der Waals surface area contributed by atoms with Crippen LogP contribution in [-0.2, 0) is 9.59 Å². The zero-order valence-electron chi connectivity index (χ0n) is 15.8. The molecule has 1 aromatic carbocycles. The Morgan fingerprint density at radius 1 is 1.23 bits per heavy atom. The van der Waals surface area contributed by atoms with Crippen LogP contribution in [0.25, 0.3) is 6.08 Å². The quantitative estimate of drug-likeness (QED) is 0.455. The first-order valence-corrected chi connectivity index (χ1v) is 8.48. The molecule has 7 heteroatoms. The average Bonchev–Trinajstić information content (AvgIpc) is 2.62. The minimum absolute atomic E-state index is 0.574. The van der Waals surface area contributed by atoms with Gasteiger partial charge in [-0.25, -0.2) is 9.59 Å². The number of aliphatic carboxylic acids is 2. The van der Waals surface area contributed by atoms with E-state index in [9.17, 15) is 0 Å². The molecule has 1 atom stereocenters. The highest BCUT2D eigenvalue weighted by Gasteiger charge is 2.05. The molecule has 0 bridgehead atoms. The van der Waals surface area contributed by atoms with E-state index >= 15 is 0 Å². The zero-order valence-corrected chi connectivity index (χ0v) is 15.8. The first kappa shape index (κ1) is 23.5. The molecule has 1 rings (SSSR count). The van der Waals surface area contributed by atoms with Crippen LogP contribution in [0.4, 0.5) is 0 Å². The molecular formula is C19H29NO6. The van der Waals surface area contributed by atoms with Crippen molar-refractivity contribution in [3.63, 3.8) is 0 Å². The van der Waals surface area contributed by atoms with Crippen molar-refractivity contribution in [3.8, 4) is 11.5 Å². The first-order valence-electron chi connectivity index (χ1n) is 8.48. The van der Waals surface area contributed by atoms with E-state index < -0.39 is 11.9 Å². The van der Waals surface area contributed by atoms with Crippen LogP contribution in [0, 0.1) is 0 Å². The normalized spacial score (nSPS) is 11.4. The fraction of sp³-hybridized carbons (Fsp3) is 0.474. The van der Waals surface area contributed by atoms with E-state index in [1.54, 1.807) is 7.11 Å². The third kappa shape index (κ3) is 10.4. The van der Waals surface area contributed by atoms with Crippen LogP contribution < -0.4 is 14.8 Å². The number of carbonyl (C=O) groups is 2. The molecule has 0 spiro atoms. The number of carboxylic acids is 2. The van der Waals surface area contributed by atoms with Gasteiger partial charge in [-0.15, -0.1) is 0 Å². The second kappa shape index (κ2) is 13.7. The maximum Gasteiger partial charge on any atom is 0.414 e. The summed E-state index contributed by atoms with van der Waals surface area (Å²) >= 11 is 0. The molecule has 26 heavy (non-hydrogen) atoms. The van der Waals surface area contributed by atoms with Crippen molar-refractivity contribution in [1.29, 1.82) is 0 Å². The Morgan fingerprint density at radius 3 is 2.38 bits per heavy atom. The molecule has 0 fully saturated rings. The Kier molecular flexibility index (Phi) is 12.4. The van der Waals surface area contributed by atoms with Crippen molar-refractivity contribution in [2.24, 2.45) is 0 Å². The summed E-state index contributed by atoms with van der Waals surface area (Å²) in [7, 11) is 1.67. The molecule has 0 aliphatic carbocycles. The molecule has 1 aromatic rings. The SMILES string of the molecule is CC=Cc1ccc(OCCCNC(C)CC)c(OC)c1.O=C(O)C(=O)O. The van der Waals surface area contributed by atoms with Gasteiger partial charge in [0.25, 0.3) is 0 Å². The van der Waals surface area contributed by atoms with Gasteiger partial charge in [-0.3, -0.25) is 0 Å². The summed E-state index contributed by atoms with van der Waals surface area (Å²) in [5.74, 6) is -2.05. The first-order chi connectivity index (χ1) is 12.3. The Bertz CT molecular complexity index is 573. The van der Waals surface area contributed by atoms with Gasteiger partial charge in [0.15, 0.2) is 11.5 Å². The van der Waals surface area contributed by atoms with Gasteiger partial charge in [0, 0.05) is 6.04 Å². The summed E-state index contributed by atoms with van der Waals surface area (Å²) in [5.41, 5.74) is 1.12. The maximum absolute atomic E-state index is 9.10. The summed E-state index contributed by atoms with van der Waals surface area (Å²) in [4.78, 5) is 18.2. The van der Waals surface area contributed by atoms with E-state index in [0.717, 1.165) is 36.4 Å². The van der Waals surface area contributed by atoms with Gasteiger partial charge in [-0.1, -0.05) is 25.1 Å². The third-order valence-electron chi connectivity index (χ3n) is 3.41. The van der Waals surface area contributed by atoms with Gasteiger partial charge in [-0.2, -0.15) is 0 Å². The van der Waals surface area contributed by atoms with Crippen LogP contribution in [0.3, 0.4) is 0 Å². The summed E-state index contributed by atoms with van der Waals surface area (Å²) in [6, 6.07) is 6.57. The lowest BCUT2D eigenvalue weighted by Crippen LogP contribution is -2.27. The van der Waals surface area contributed by atoms with Crippen molar-refractivity contribution >= 4 is 18.0 Å². The Labute approximate surface area is 154 Å². The molecular weight excluding hydrogens is 338 g/mol. The highest BCUT2D eigenvalue weighted by Crippen LogP contribution is 2.28. The second-order valence-electron chi connectivity index (χ2n) is 5.49. The Balaban J connectivity index is 0.000000896. The number of carboxylic acid groups (broad SMARTS) is 2. The molecule has 0 aliphatic heterocycles. The highest BCUT2D eigenvalue weighted by atomic mass is 16.5. The lowest BCUT2D eigenvalue weighted by molar-refractivity contribution is -0.159. The smallest absolute Gasteiger partial charge is 0.414 e. The molecule has 3 N–H and O–H groups in total. The van der Waals surface area contributed by atoms with Crippen LogP contribution in [-0.4, -0.2) is 48.5 Å². The fourth-order valence-electron chi connectivity index (χ4n) is 1.85. The number of allylic oxidation sites excluding steroid dienone is 1. The lowest BCUT2D eigenvalue weighted by Gasteiger charge is -2.13. The minimum atomic E-state index is -1.82. The predicted octanol–water partition coefficient (Wildman–Crippen LogP) is 3.04. The zero-order chi connectivity index (χ0) is 19.9. The summed E-state index contributed by atoms with van der Waals surface area (Å²) < 4.78 is 11.2. The van der Waals surface area contributed by atoms with Crippen molar-refractivity contribution in [2.45, 2.75) is 39.7 Å². The number of methoxy groups -OCH3 is 1. The molecule has 0 radical (unpaired) electrons. The number of nitrogens with one attached hydrogen (secondary N) is 1. The molecule has 0 saturated carbocycles. The lowest BCUT2D eigenvalue weighted by atomic mass is 10.2. The maximum atomic E-state index is 9.10. The molecule has 146 valence electrons. The van der Waals surface area contributed by atoms with E-state index in [4.69, 9.17) is 29.3 Å². The van der Waals surface area contributed by atoms with Gasteiger partial charge < -0.3 is 25.0 Å². The van der Waals surface area contributed by atoms with E-state index in [0.29, 0.717) is 12.6 Å². The van der Waals surface area contributed by atoms with Gasteiger partial charge in [0.1, 0.15) is 0 Å². The van der Waals surface area contributed by atoms with E-state index in [1.165, 1.54) is 0 Å². The van der Waals surface area contributed by atoms with Crippen molar-refractivity contribution in [3.05, 3.63) is 29.8 Å². The number of hydrogen-bond acceptors (Lipinski definition) is 5. The largest absolute Gasteiger partial charge is 0.493 e. The minimum Gasteiger partial charge on any atom is -0.493 e. The van der Waals surface area contributed by atoms with Crippen molar-refractivity contribution in [1.82, 2.24) is 5.32 Å². The number of benzene rings is 1. The number of rotatable bonds is 9. The van der Waals surface area contributed by atoms with E-state index in [-0.39, 0.29) is 0 Å². The van der Waals surface area contributed by atoms with Crippen molar-refractivity contribution < 1.29 is 29.3 Å². The highest BCUT2D eigenvalue weighted by molar-refractivity contribution is 6.27. The van der Waals surface area contributed by atoms with Crippen LogP contribution in [0.5, 0.6) is 11.5 Å². The molecule has 1 unspecified atom stereocenters. The summed E-state index contributed by atoms with van der Waals surface area (Å²) in [6.07, 6.45) is 6.20. The van der Waals surface area contributed by atoms with Crippen LogP contribution >= 0.6 is 0 Å².